The summed E-state index contributed by atoms with van der Waals surface area (Å²) in [7, 11) is 0. The zero-order valence-corrected chi connectivity index (χ0v) is 17.5. The van der Waals surface area contributed by atoms with Gasteiger partial charge in [0.05, 0.1) is 26.4 Å². The number of hydrogen-bond acceptors (Lipinski definition) is 5. The average molecular weight is 412 g/mol. The third kappa shape index (κ3) is 6.49. The molecule has 0 unspecified atom stereocenters. The van der Waals surface area contributed by atoms with Gasteiger partial charge < -0.3 is 25.0 Å². The van der Waals surface area contributed by atoms with Crippen LogP contribution in [0.2, 0.25) is 0 Å². The lowest BCUT2D eigenvalue weighted by Gasteiger charge is -2.26. The normalized spacial score (nSPS) is 13.8. The van der Waals surface area contributed by atoms with Crippen LogP contribution in [0.3, 0.4) is 0 Å². The van der Waals surface area contributed by atoms with Crippen molar-refractivity contribution in [2.24, 2.45) is 5.92 Å². The summed E-state index contributed by atoms with van der Waals surface area (Å²) in [6, 6.07) is 14.5. The molecule has 2 N–H and O–H groups in total. The summed E-state index contributed by atoms with van der Waals surface area (Å²) in [4.78, 5) is 26.4. The summed E-state index contributed by atoms with van der Waals surface area (Å²) in [5, 5.41) is 5.92. The number of benzene rings is 2. The van der Waals surface area contributed by atoms with Crippen LogP contribution in [0.4, 0.5) is 11.4 Å². The van der Waals surface area contributed by atoms with E-state index in [-0.39, 0.29) is 18.4 Å². The quantitative estimate of drug-likeness (QED) is 0.697. The molecular weight excluding hydrogens is 382 g/mol. The second kappa shape index (κ2) is 10.6. The second-order valence-corrected chi connectivity index (χ2v) is 7.61. The molecule has 7 heteroatoms. The summed E-state index contributed by atoms with van der Waals surface area (Å²) in [6.45, 7) is 7.36. The zero-order chi connectivity index (χ0) is 21.3. The third-order valence-electron chi connectivity index (χ3n) is 4.60. The van der Waals surface area contributed by atoms with E-state index < -0.39 is 0 Å². The minimum Gasteiger partial charge on any atom is -0.493 e. The van der Waals surface area contributed by atoms with Crippen LogP contribution in [-0.2, 0) is 9.53 Å². The number of ether oxygens (including phenoxy) is 2. The molecule has 2 aromatic carbocycles. The topological polar surface area (TPSA) is 79.9 Å². The minimum absolute atomic E-state index is 0.00316. The van der Waals surface area contributed by atoms with Crippen molar-refractivity contribution in [1.29, 1.82) is 0 Å². The maximum atomic E-state index is 12.5. The molecule has 0 radical (unpaired) electrons. The Morgan fingerprint density at radius 2 is 1.63 bits per heavy atom. The average Bonchev–Trinajstić information content (AvgIpc) is 2.77. The molecule has 7 nitrogen and oxygen atoms in total. The first-order valence-electron chi connectivity index (χ1n) is 10.2. The van der Waals surface area contributed by atoms with E-state index in [9.17, 15) is 9.59 Å². The Labute approximate surface area is 177 Å². The second-order valence-electron chi connectivity index (χ2n) is 7.61. The minimum atomic E-state index is -0.153. The van der Waals surface area contributed by atoms with E-state index in [1.807, 2.05) is 36.4 Å². The van der Waals surface area contributed by atoms with Crippen molar-refractivity contribution in [1.82, 2.24) is 4.90 Å². The predicted octanol–water partition coefficient (Wildman–Crippen LogP) is 3.24. The molecule has 2 amide bonds. The summed E-state index contributed by atoms with van der Waals surface area (Å²) in [5.41, 5.74) is 2.12. The highest BCUT2D eigenvalue weighted by atomic mass is 16.5. The first-order chi connectivity index (χ1) is 14.5. The van der Waals surface area contributed by atoms with Crippen molar-refractivity contribution in [3.8, 4) is 5.75 Å². The number of morpholine rings is 1. The van der Waals surface area contributed by atoms with E-state index in [1.54, 1.807) is 17.0 Å². The molecule has 2 aromatic rings. The van der Waals surface area contributed by atoms with Crippen molar-refractivity contribution in [3.05, 3.63) is 54.1 Å². The smallest absolute Gasteiger partial charge is 0.254 e. The summed E-state index contributed by atoms with van der Waals surface area (Å²) in [6.07, 6.45) is 0. The molecule has 0 saturated carbocycles. The van der Waals surface area contributed by atoms with Gasteiger partial charge in [-0.15, -0.1) is 0 Å². The Kier molecular flexibility index (Phi) is 7.68. The van der Waals surface area contributed by atoms with Gasteiger partial charge in [0, 0.05) is 30.0 Å². The molecule has 0 spiro atoms. The molecule has 0 aromatic heterocycles. The lowest BCUT2D eigenvalue weighted by atomic mass is 10.1. The van der Waals surface area contributed by atoms with E-state index in [2.05, 4.69) is 24.5 Å². The largest absolute Gasteiger partial charge is 0.493 e. The first-order valence-corrected chi connectivity index (χ1v) is 10.2. The van der Waals surface area contributed by atoms with E-state index in [1.165, 1.54) is 0 Å². The molecule has 0 aliphatic carbocycles. The molecular formula is C23H29N3O4. The molecule has 0 bridgehead atoms. The molecule has 1 aliphatic rings. The van der Waals surface area contributed by atoms with Gasteiger partial charge in [-0.2, -0.15) is 0 Å². The van der Waals surface area contributed by atoms with E-state index in [0.717, 1.165) is 11.4 Å². The number of carbonyl (C=O) groups is 2. The fraction of sp³-hybridized carbons (Fsp3) is 0.391. The van der Waals surface area contributed by atoms with Gasteiger partial charge in [-0.25, -0.2) is 0 Å². The van der Waals surface area contributed by atoms with Crippen molar-refractivity contribution in [3.63, 3.8) is 0 Å². The van der Waals surface area contributed by atoms with Crippen molar-refractivity contribution in [2.45, 2.75) is 13.8 Å². The van der Waals surface area contributed by atoms with Gasteiger partial charge in [-0.05, 0) is 54.4 Å². The van der Waals surface area contributed by atoms with Crippen LogP contribution in [0.15, 0.2) is 48.5 Å². The van der Waals surface area contributed by atoms with Crippen molar-refractivity contribution in [2.75, 3.05) is 50.1 Å². The van der Waals surface area contributed by atoms with Crippen LogP contribution < -0.4 is 15.4 Å². The van der Waals surface area contributed by atoms with Crippen LogP contribution >= 0.6 is 0 Å². The Morgan fingerprint density at radius 1 is 1.00 bits per heavy atom. The van der Waals surface area contributed by atoms with Crippen LogP contribution in [0, 0.1) is 5.92 Å². The third-order valence-corrected chi connectivity index (χ3v) is 4.60. The van der Waals surface area contributed by atoms with Gasteiger partial charge in [0.1, 0.15) is 5.75 Å². The highest BCUT2D eigenvalue weighted by molar-refractivity contribution is 5.95. The van der Waals surface area contributed by atoms with Gasteiger partial charge >= 0.3 is 0 Å². The molecule has 1 fully saturated rings. The SMILES string of the molecule is CC(C)COc1ccc(NC(=O)CNc2ccc(C(=O)N3CCOCC3)cc2)cc1. The summed E-state index contributed by atoms with van der Waals surface area (Å²) < 4.78 is 10.9. The summed E-state index contributed by atoms with van der Waals surface area (Å²) >= 11 is 0. The van der Waals surface area contributed by atoms with Crippen LogP contribution in [0.1, 0.15) is 24.2 Å². The van der Waals surface area contributed by atoms with Crippen LogP contribution in [0.25, 0.3) is 0 Å². The van der Waals surface area contributed by atoms with Gasteiger partial charge in [0.15, 0.2) is 0 Å². The first kappa shape index (κ1) is 21.6. The maximum Gasteiger partial charge on any atom is 0.254 e. The lowest BCUT2D eigenvalue weighted by molar-refractivity contribution is -0.114. The molecule has 0 atom stereocenters. The standard InChI is InChI=1S/C23H29N3O4/c1-17(2)16-30-21-9-7-20(8-10-21)25-22(27)15-24-19-5-3-18(4-6-19)23(28)26-11-13-29-14-12-26/h3-10,17,24H,11-16H2,1-2H3,(H,25,27). The predicted molar refractivity (Wildman–Crippen MR) is 117 cm³/mol. The zero-order valence-electron chi connectivity index (χ0n) is 17.5. The van der Waals surface area contributed by atoms with Crippen molar-refractivity contribution < 1.29 is 19.1 Å². The van der Waals surface area contributed by atoms with Gasteiger partial charge in [0.2, 0.25) is 5.91 Å². The van der Waals surface area contributed by atoms with Crippen LogP contribution in [0.5, 0.6) is 5.75 Å². The lowest BCUT2D eigenvalue weighted by Crippen LogP contribution is -2.40. The monoisotopic (exact) mass is 411 g/mol. The Bertz CT molecular complexity index is 829. The number of carbonyl (C=O) groups excluding carboxylic acids is 2. The van der Waals surface area contributed by atoms with E-state index in [4.69, 9.17) is 9.47 Å². The van der Waals surface area contributed by atoms with Gasteiger partial charge in [-0.1, -0.05) is 13.8 Å². The molecule has 1 saturated heterocycles. The highest BCUT2D eigenvalue weighted by Crippen LogP contribution is 2.17. The Balaban J connectivity index is 1.44. The Hall–Kier alpha value is -3.06. The fourth-order valence-corrected chi connectivity index (χ4v) is 2.96. The van der Waals surface area contributed by atoms with Gasteiger partial charge in [0.25, 0.3) is 5.91 Å². The number of rotatable bonds is 8. The van der Waals surface area contributed by atoms with Gasteiger partial charge in [-0.3, -0.25) is 9.59 Å². The molecule has 3 rings (SSSR count). The number of hydrogen-bond donors (Lipinski definition) is 2. The molecule has 30 heavy (non-hydrogen) atoms. The van der Waals surface area contributed by atoms with Crippen LogP contribution in [-0.4, -0.2) is 56.2 Å². The number of nitrogens with zero attached hydrogens (tertiary/aromatic N) is 1. The fourth-order valence-electron chi connectivity index (χ4n) is 2.96. The number of amides is 2. The van der Waals surface area contributed by atoms with E-state index in [0.29, 0.717) is 50.1 Å². The molecule has 160 valence electrons. The molecule has 1 aliphatic heterocycles. The summed E-state index contributed by atoms with van der Waals surface area (Å²) in [5.74, 6) is 1.09. The van der Waals surface area contributed by atoms with E-state index >= 15 is 0 Å². The maximum absolute atomic E-state index is 12.5. The number of nitrogens with one attached hydrogen (secondary N) is 2. The molecule has 1 heterocycles. The van der Waals surface area contributed by atoms with Crippen molar-refractivity contribution >= 4 is 23.2 Å². The Morgan fingerprint density at radius 3 is 2.27 bits per heavy atom. The highest BCUT2D eigenvalue weighted by Gasteiger charge is 2.18. The number of anilines is 2.